The summed E-state index contributed by atoms with van der Waals surface area (Å²) in [5.74, 6) is -0.241. The van der Waals surface area contributed by atoms with Gasteiger partial charge in [0.2, 0.25) is 5.91 Å². The Morgan fingerprint density at radius 3 is 2.39 bits per heavy atom. The molecule has 166 valence electrons. The van der Waals surface area contributed by atoms with Gasteiger partial charge in [-0.1, -0.05) is 54.6 Å². The average Bonchev–Trinajstić information content (AvgIpc) is 3.08. The van der Waals surface area contributed by atoms with Crippen LogP contribution in [-0.2, 0) is 16.2 Å². The van der Waals surface area contributed by atoms with E-state index in [2.05, 4.69) is 21.2 Å². The molecule has 8 heteroatoms. The number of amides is 3. The van der Waals surface area contributed by atoms with Crippen molar-refractivity contribution in [3.8, 4) is 5.75 Å². The lowest BCUT2D eigenvalue weighted by Crippen LogP contribution is -2.36. The predicted molar refractivity (Wildman–Crippen MR) is 133 cm³/mol. The smallest absolute Gasteiger partial charge is 0.294 e. The first-order valence-corrected chi connectivity index (χ1v) is 11.7. The van der Waals surface area contributed by atoms with E-state index >= 15 is 0 Å². The van der Waals surface area contributed by atoms with E-state index in [0.29, 0.717) is 22.5 Å². The van der Waals surface area contributed by atoms with Crippen molar-refractivity contribution in [2.45, 2.75) is 6.61 Å². The number of anilines is 1. The maximum atomic E-state index is 12.7. The number of thioether (sulfide) groups is 1. The van der Waals surface area contributed by atoms with Crippen LogP contribution in [0.25, 0.3) is 6.08 Å². The van der Waals surface area contributed by atoms with Crippen LogP contribution in [0.3, 0.4) is 0 Å². The largest absolute Gasteiger partial charge is 0.489 e. The number of nitrogens with one attached hydrogen (secondary N) is 1. The molecule has 0 unspecified atom stereocenters. The molecule has 0 spiro atoms. The summed E-state index contributed by atoms with van der Waals surface area (Å²) in [5, 5.41) is 2.22. The Hall–Kier alpha value is -3.36. The zero-order chi connectivity index (χ0) is 23.2. The van der Waals surface area contributed by atoms with E-state index in [1.165, 1.54) is 0 Å². The van der Waals surface area contributed by atoms with Crippen LogP contribution in [-0.4, -0.2) is 28.5 Å². The van der Waals surface area contributed by atoms with Gasteiger partial charge in [0.15, 0.2) is 0 Å². The lowest BCUT2D eigenvalue weighted by Gasteiger charge is -2.13. The van der Waals surface area contributed by atoms with E-state index in [1.54, 1.807) is 24.3 Å². The number of carbonyl (C=O) groups excluding carboxylic acids is 3. The Morgan fingerprint density at radius 2 is 1.67 bits per heavy atom. The third kappa shape index (κ3) is 5.91. The van der Waals surface area contributed by atoms with Crippen molar-refractivity contribution < 1.29 is 19.1 Å². The molecule has 1 aliphatic heterocycles. The molecule has 33 heavy (non-hydrogen) atoms. The Labute approximate surface area is 203 Å². The number of carbonyl (C=O) groups is 3. The first kappa shape index (κ1) is 22.8. The molecule has 1 N–H and O–H groups in total. The molecule has 4 rings (SSSR count). The highest BCUT2D eigenvalue weighted by Crippen LogP contribution is 2.32. The molecule has 0 aromatic heterocycles. The second-order valence-electron chi connectivity index (χ2n) is 7.14. The summed E-state index contributed by atoms with van der Waals surface area (Å²) in [6, 6.07) is 24.2. The van der Waals surface area contributed by atoms with Crippen LogP contribution >= 0.6 is 27.7 Å². The first-order valence-electron chi connectivity index (χ1n) is 10.1. The quantitative estimate of drug-likeness (QED) is 0.402. The molecule has 1 saturated heterocycles. The van der Waals surface area contributed by atoms with Crippen LogP contribution in [0.2, 0.25) is 0 Å². The van der Waals surface area contributed by atoms with Gasteiger partial charge in [0.25, 0.3) is 11.1 Å². The summed E-state index contributed by atoms with van der Waals surface area (Å²) < 4.78 is 6.48. The van der Waals surface area contributed by atoms with Crippen molar-refractivity contribution in [3.63, 3.8) is 0 Å². The molecule has 1 heterocycles. The minimum atomic E-state index is -0.489. The first-order chi connectivity index (χ1) is 16.0. The predicted octanol–water partition coefficient (Wildman–Crippen LogP) is 5.70. The summed E-state index contributed by atoms with van der Waals surface area (Å²) in [4.78, 5) is 38.6. The molecule has 0 bridgehead atoms. The van der Waals surface area contributed by atoms with Crippen LogP contribution < -0.4 is 10.1 Å². The summed E-state index contributed by atoms with van der Waals surface area (Å²) in [5.41, 5.74) is 2.39. The SMILES string of the molecule is O=C(CN1C(=O)S/C(=C/c2ccc(OCc3ccccc3)cc2)C1=O)Nc1ccccc1Br. The molecule has 0 aliphatic carbocycles. The maximum absolute atomic E-state index is 12.7. The fraction of sp³-hybridized carbons (Fsp3) is 0.0800. The summed E-state index contributed by atoms with van der Waals surface area (Å²) in [6.07, 6.45) is 1.64. The van der Waals surface area contributed by atoms with Crippen LogP contribution in [0.5, 0.6) is 5.75 Å². The van der Waals surface area contributed by atoms with Crippen molar-refractivity contribution in [3.05, 3.63) is 99.4 Å². The van der Waals surface area contributed by atoms with Gasteiger partial charge in [-0.3, -0.25) is 19.3 Å². The fourth-order valence-electron chi connectivity index (χ4n) is 3.08. The number of benzene rings is 3. The van der Waals surface area contributed by atoms with Gasteiger partial charge in [-0.15, -0.1) is 0 Å². The van der Waals surface area contributed by atoms with E-state index in [1.807, 2.05) is 60.7 Å². The van der Waals surface area contributed by atoms with E-state index in [-0.39, 0.29) is 11.4 Å². The van der Waals surface area contributed by atoms with Crippen molar-refractivity contribution in [2.75, 3.05) is 11.9 Å². The normalized spacial score (nSPS) is 14.6. The van der Waals surface area contributed by atoms with Gasteiger partial charge in [-0.05, 0) is 69.2 Å². The van der Waals surface area contributed by atoms with Gasteiger partial charge < -0.3 is 10.1 Å². The van der Waals surface area contributed by atoms with Crippen LogP contribution in [0.15, 0.2) is 88.2 Å². The Morgan fingerprint density at radius 1 is 0.970 bits per heavy atom. The van der Waals surface area contributed by atoms with Crippen LogP contribution in [0, 0.1) is 0 Å². The van der Waals surface area contributed by atoms with Gasteiger partial charge in [-0.25, -0.2) is 0 Å². The summed E-state index contributed by atoms with van der Waals surface area (Å²) in [7, 11) is 0. The third-order valence-corrected chi connectivity index (χ3v) is 6.35. The standard InChI is InChI=1S/C25H19BrN2O4S/c26-20-8-4-5-9-21(20)27-23(29)15-28-24(30)22(33-25(28)31)14-17-10-12-19(13-11-17)32-16-18-6-2-1-3-7-18/h1-14H,15-16H2,(H,27,29)/b22-14+. The molecular formula is C25H19BrN2O4S. The minimum Gasteiger partial charge on any atom is -0.489 e. The van der Waals surface area contributed by atoms with Crippen molar-refractivity contribution in [1.29, 1.82) is 0 Å². The number of halogens is 1. The second-order valence-corrected chi connectivity index (χ2v) is 8.99. The Kier molecular flexibility index (Phi) is 7.26. The molecule has 3 amide bonds. The number of hydrogen-bond acceptors (Lipinski definition) is 5. The number of rotatable bonds is 7. The van der Waals surface area contributed by atoms with Crippen molar-refractivity contribution >= 4 is 56.5 Å². The highest BCUT2D eigenvalue weighted by atomic mass is 79.9. The molecule has 0 saturated carbocycles. The molecule has 1 fully saturated rings. The Balaban J connectivity index is 1.37. The number of hydrogen-bond donors (Lipinski definition) is 1. The molecule has 0 atom stereocenters. The molecular weight excluding hydrogens is 504 g/mol. The summed E-state index contributed by atoms with van der Waals surface area (Å²) >= 11 is 4.17. The maximum Gasteiger partial charge on any atom is 0.294 e. The van der Waals surface area contributed by atoms with Gasteiger partial charge in [0.1, 0.15) is 18.9 Å². The molecule has 1 aliphatic rings. The van der Waals surface area contributed by atoms with E-state index in [4.69, 9.17) is 4.74 Å². The Bertz CT molecular complexity index is 1210. The zero-order valence-electron chi connectivity index (χ0n) is 17.4. The highest BCUT2D eigenvalue weighted by molar-refractivity contribution is 9.10. The lowest BCUT2D eigenvalue weighted by atomic mass is 10.2. The second kappa shape index (κ2) is 10.5. The molecule has 0 radical (unpaired) electrons. The van der Waals surface area contributed by atoms with E-state index in [0.717, 1.165) is 27.8 Å². The lowest BCUT2D eigenvalue weighted by molar-refractivity contribution is -0.127. The monoisotopic (exact) mass is 522 g/mol. The van der Waals surface area contributed by atoms with Crippen LogP contribution in [0.1, 0.15) is 11.1 Å². The number of para-hydroxylation sites is 1. The average molecular weight is 523 g/mol. The number of nitrogens with zero attached hydrogens (tertiary/aromatic N) is 1. The van der Waals surface area contributed by atoms with E-state index in [9.17, 15) is 14.4 Å². The van der Waals surface area contributed by atoms with Gasteiger partial charge in [0.05, 0.1) is 10.6 Å². The number of ether oxygens (including phenoxy) is 1. The third-order valence-electron chi connectivity index (χ3n) is 4.75. The molecule has 3 aromatic rings. The van der Waals surface area contributed by atoms with Gasteiger partial charge in [0, 0.05) is 4.47 Å². The van der Waals surface area contributed by atoms with Gasteiger partial charge >= 0.3 is 0 Å². The number of imide groups is 1. The van der Waals surface area contributed by atoms with Crippen molar-refractivity contribution in [1.82, 2.24) is 4.90 Å². The minimum absolute atomic E-state index is 0.270. The van der Waals surface area contributed by atoms with Crippen molar-refractivity contribution in [2.24, 2.45) is 0 Å². The van der Waals surface area contributed by atoms with E-state index < -0.39 is 17.1 Å². The topological polar surface area (TPSA) is 75.7 Å². The van der Waals surface area contributed by atoms with Crippen LogP contribution in [0.4, 0.5) is 10.5 Å². The zero-order valence-corrected chi connectivity index (χ0v) is 19.8. The fourth-order valence-corrected chi connectivity index (χ4v) is 4.31. The molecule has 3 aromatic carbocycles. The summed E-state index contributed by atoms with van der Waals surface area (Å²) in [6.45, 7) is 0.107. The van der Waals surface area contributed by atoms with Gasteiger partial charge in [-0.2, -0.15) is 0 Å². The highest BCUT2D eigenvalue weighted by Gasteiger charge is 2.36. The molecule has 6 nitrogen and oxygen atoms in total.